The van der Waals surface area contributed by atoms with Crippen LogP contribution in [0.4, 0.5) is 0 Å². The van der Waals surface area contributed by atoms with Gasteiger partial charge in [0.1, 0.15) is 18.8 Å². The van der Waals surface area contributed by atoms with Crippen LogP contribution in [0.15, 0.2) is 85.1 Å². The van der Waals surface area contributed by atoms with Gasteiger partial charge in [0.2, 0.25) is 0 Å². The average Bonchev–Trinajstić information content (AvgIpc) is 3.42. The van der Waals surface area contributed by atoms with Crippen LogP contribution in [0, 0.1) is 0 Å². The Balaban J connectivity index is 2.71. The second kappa shape index (κ2) is 52.6. The van der Waals surface area contributed by atoms with E-state index < -0.39 is 67.3 Å². The van der Waals surface area contributed by atoms with Gasteiger partial charge in [-0.05, 0) is 116 Å². The summed E-state index contributed by atoms with van der Waals surface area (Å²) < 4.78 is 28.4. The number of carbonyl (C=O) groups is 4. The summed E-state index contributed by atoms with van der Waals surface area (Å²) >= 11 is 0. The highest BCUT2D eigenvalue weighted by molar-refractivity contribution is 5.74. The number of carboxylic acid groups (broad SMARTS) is 1. The SMILES string of the molecule is CC/C=C\C/C=C\C/C=C\CCCCCCCC(=O)OCC(COC1OC(C(=O)O)C(O)C(O)C1OC(=O)CCCCCCCCC/C=C\C/C=C\CCCCC)OC(=O)CCCCCCC/C=C\C/C=C\CCCCC. The number of aliphatic carboxylic acids is 1. The van der Waals surface area contributed by atoms with Crippen LogP contribution in [-0.2, 0) is 42.9 Å². The zero-order valence-corrected chi connectivity index (χ0v) is 48.4. The third-order valence-electron chi connectivity index (χ3n) is 13.4. The third-order valence-corrected chi connectivity index (χ3v) is 13.4. The molecular weight excluding hydrogens is 973 g/mol. The molecule has 12 heteroatoms. The van der Waals surface area contributed by atoms with E-state index in [-0.39, 0.29) is 25.9 Å². The van der Waals surface area contributed by atoms with Gasteiger partial charge in [0, 0.05) is 19.3 Å². The second-order valence-corrected chi connectivity index (χ2v) is 20.6. The monoisotopic (exact) mass is 1080 g/mol. The number of aliphatic hydroxyl groups is 2. The van der Waals surface area contributed by atoms with Crippen LogP contribution in [0.5, 0.6) is 0 Å². The first kappa shape index (κ1) is 70.9. The molecular formula is C65H108O12. The van der Waals surface area contributed by atoms with Gasteiger partial charge < -0.3 is 39.0 Å². The van der Waals surface area contributed by atoms with Crippen molar-refractivity contribution >= 4 is 23.9 Å². The van der Waals surface area contributed by atoms with E-state index in [0.29, 0.717) is 19.3 Å². The number of allylic oxidation sites excluding steroid dienone is 14. The van der Waals surface area contributed by atoms with Crippen molar-refractivity contribution in [2.45, 2.75) is 289 Å². The fourth-order valence-corrected chi connectivity index (χ4v) is 8.74. The minimum absolute atomic E-state index is 0.0454. The highest BCUT2D eigenvalue weighted by Crippen LogP contribution is 2.26. The number of aliphatic hydroxyl groups excluding tert-OH is 2. The number of rotatable bonds is 51. The van der Waals surface area contributed by atoms with E-state index >= 15 is 0 Å². The van der Waals surface area contributed by atoms with Crippen LogP contribution in [0.2, 0.25) is 0 Å². The first-order valence-electron chi connectivity index (χ1n) is 30.6. The van der Waals surface area contributed by atoms with Gasteiger partial charge in [-0.3, -0.25) is 14.4 Å². The largest absolute Gasteiger partial charge is 0.479 e. The molecule has 0 spiro atoms. The van der Waals surface area contributed by atoms with Crippen molar-refractivity contribution in [3.8, 4) is 0 Å². The molecule has 0 aromatic heterocycles. The normalized spacial score (nSPS) is 18.6. The Hall–Kier alpha value is -4.10. The number of carbonyl (C=O) groups excluding carboxylic acids is 3. The Morgan fingerprint density at radius 1 is 0.442 bits per heavy atom. The molecule has 0 aromatic rings. The molecule has 1 aliphatic heterocycles. The third kappa shape index (κ3) is 42.5. The van der Waals surface area contributed by atoms with Gasteiger partial charge in [-0.15, -0.1) is 0 Å². The molecule has 0 radical (unpaired) electrons. The minimum atomic E-state index is -1.91. The lowest BCUT2D eigenvalue weighted by atomic mass is 9.98. The Morgan fingerprint density at radius 3 is 1.25 bits per heavy atom. The molecule has 6 atom stereocenters. The Kier molecular flexibility index (Phi) is 48.4. The van der Waals surface area contributed by atoms with Crippen LogP contribution >= 0.6 is 0 Å². The maximum absolute atomic E-state index is 13.2. The molecule has 0 aromatic carbocycles. The van der Waals surface area contributed by atoms with Gasteiger partial charge in [0.25, 0.3) is 0 Å². The highest BCUT2D eigenvalue weighted by Gasteiger charge is 2.50. The Bertz CT molecular complexity index is 1660. The maximum atomic E-state index is 13.2. The summed E-state index contributed by atoms with van der Waals surface area (Å²) in [5.74, 6) is -3.17. The van der Waals surface area contributed by atoms with Crippen molar-refractivity contribution in [3.63, 3.8) is 0 Å². The number of hydrogen-bond acceptors (Lipinski definition) is 11. The van der Waals surface area contributed by atoms with Crippen molar-refractivity contribution in [2.24, 2.45) is 0 Å². The summed E-state index contributed by atoms with van der Waals surface area (Å²) in [5.41, 5.74) is 0. The lowest BCUT2D eigenvalue weighted by Gasteiger charge is -2.40. The van der Waals surface area contributed by atoms with E-state index in [4.69, 9.17) is 23.7 Å². The average molecular weight is 1080 g/mol. The lowest BCUT2D eigenvalue weighted by molar-refractivity contribution is -0.301. The molecule has 0 aliphatic carbocycles. The molecule has 1 aliphatic rings. The van der Waals surface area contributed by atoms with Crippen LogP contribution in [0.3, 0.4) is 0 Å². The predicted octanol–water partition coefficient (Wildman–Crippen LogP) is 15.9. The molecule has 1 saturated heterocycles. The van der Waals surface area contributed by atoms with Crippen LogP contribution < -0.4 is 0 Å². The number of ether oxygens (including phenoxy) is 5. The van der Waals surface area contributed by atoms with Gasteiger partial charge in [0.05, 0.1) is 6.61 Å². The van der Waals surface area contributed by atoms with Gasteiger partial charge in [0.15, 0.2) is 24.6 Å². The number of carboxylic acids is 1. The number of esters is 3. The van der Waals surface area contributed by atoms with Gasteiger partial charge >= 0.3 is 23.9 Å². The molecule has 6 unspecified atom stereocenters. The lowest BCUT2D eigenvalue weighted by Crippen LogP contribution is -2.61. The molecule has 0 bridgehead atoms. The van der Waals surface area contributed by atoms with E-state index in [1.807, 2.05) is 0 Å². The molecule has 77 heavy (non-hydrogen) atoms. The molecule has 1 rings (SSSR count). The fourth-order valence-electron chi connectivity index (χ4n) is 8.74. The quantitative estimate of drug-likeness (QED) is 0.0228. The Morgan fingerprint density at radius 2 is 0.818 bits per heavy atom. The topological polar surface area (TPSA) is 175 Å². The van der Waals surface area contributed by atoms with Gasteiger partial charge in [-0.1, -0.05) is 202 Å². The van der Waals surface area contributed by atoms with Crippen molar-refractivity contribution < 1.29 is 58.2 Å². The highest BCUT2D eigenvalue weighted by atomic mass is 16.7. The van der Waals surface area contributed by atoms with Crippen LogP contribution in [0.1, 0.15) is 252 Å². The standard InChI is InChI=1S/C65H108O12/c1-4-7-10-13-16-19-22-25-28-29-32-35-38-41-44-47-50-53-59(68)76-63-61(70)60(69)62(64(71)72)77-65(63)74-55-56(75-58(67)52-49-46-43-40-37-34-31-27-24-21-18-15-12-9-6-3)54-73-57(66)51-48-45-42-39-36-33-30-26-23-20-17-14-11-8-5-2/h8,11,16-21,25-28,30-31,56,60-63,65,69-70H,4-7,9-10,12-15,22-24,29,32-55H2,1-3H3,(H,71,72)/b11-8-,19-16-,20-17-,21-18-,28-25-,30-26-,31-27-. The van der Waals surface area contributed by atoms with E-state index in [1.165, 1.54) is 38.5 Å². The molecule has 1 fully saturated rings. The van der Waals surface area contributed by atoms with Crippen molar-refractivity contribution in [2.75, 3.05) is 13.2 Å². The maximum Gasteiger partial charge on any atom is 0.335 e. The van der Waals surface area contributed by atoms with Crippen LogP contribution in [-0.4, -0.2) is 89.2 Å². The molecule has 0 saturated carbocycles. The van der Waals surface area contributed by atoms with Crippen molar-refractivity contribution in [1.29, 1.82) is 0 Å². The molecule has 440 valence electrons. The van der Waals surface area contributed by atoms with Gasteiger partial charge in [-0.2, -0.15) is 0 Å². The smallest absolute Gasteiger partial charge is 0.335 e. The second-order valence-electron chi connectivity index (χ2n) is 20.6. The zero-order valence-electron chi connectivity index (χ0n) is 48.4. The molecule has 3 N–H and O–H groups in total. The number of hydrogen-bond donors (Lipinski definition) is 3. The first-order chi connectivity index (χ1) is 37.6. The molecule has 12 nitrogen and oxygen atoms in total. The van der Waals surface area contributed by atoms with E-state index in [0.717, 1.165) is 154 Å². The summed E-state index contributed by atoms with van der Waals surface area (Å²) in [6, 6.07) is 0. The van der Waals surface area contributed by atoms with Gasteiger partial charge in [-0.25, -0.2) is 4.79 Å². The molecule has 0 amide bonds. The van der Waals surface area contributed by atoms with Crippen molar-refractivity contribution in [1.82, 2.24) is 0 Å². The fraction of sp³-hybridized carbons (Fsp3) is 0.723. The van der Waals surface area contributed by atoms with E-state index in [2.05, 4.69) is 106 Å². The zero-order chi connectivity index (χ0) is 56.1. The predicted molar refractivity (Wildman–Crippen MR) is 312 cm³/mol. The molecule has 1 heterocycles. The van der Waals surface area contributed by atoms with E-state index in [1.54, 1.807) is 0 Å². The number of unbranched alkanes of at least 4 members (excludes halogenated alkanes) is 23. The minimum Gasteiger partial charge on any atom is -0.479 e. The summed E-state index contributed by atoms with van der Waals surface area (Å²) in [7, 11) is 0. The Labute approximate surface area is 467 Å². The van der Waals surface area contributed by atoms with E-state index in [9.17, 15) is 34.5 Å². The van der Waals surface area contributed by atoms with Crippen molar-refractivity contribution in [3.05, 3.63) is 85.1 Å². The summed E-state index contributed by atoms with van der Waals surface area (Å²) in [6.45, 7) is 5.81. The van der Waals surface area contributed by atoms with Crippen LogP contribution in [0.25, 0.3) is 0 Å². The summed E-state index contributed by atoms with van der Waals surface area (Å²) in [4.78, 5) is 51.2. The first-order valence-corrected chi connectivity index (χ1v) is 30.6. The summed E-state index contributed by atoms with van der Waals surface area (Å²) in [5, 5.41) is 31.5. The summed E-state index contributed by atoms with van der Waals surface area (Å²) in [6.07, 6.45) is 55.4.